The van der Waals surface area contributed by atoms with Gasteiger partial charge >= 0.3 is 0 Å². The number of amides is 1. The summed E-state index contributed by atoms with van der Waals surface area (Å²) in [5, 5.41) is 7.02. The number of hydrogen-bond acceptors (Lipinski definition) is 3. The molecule has 5 nitrogen and oxygen atoms in total. The van der Waals surface area contributed by atoms with E-state index in [1.54, 1.807) is 6.20 Å². The van der Waals surface area contributed by atoms with E-state index < -0.39 is 0 Å². The van der Waals surface area contributed by atoms with E-state index in [1.807, 2.05) is 48.1 Å². The number of carbonyl (C=O) groups is 1. The Morgan fingerprint density at radius 2 is 2.15 bits per heavy atom. The van der Waals surface area contributed by atoms with Gasteiger partial charge in [-0.05, 0) is 37.1 Å². The molecular formula is C15H20N4O. The molecule has 5 heteroatoms. The highest BCUT2D eigenvalue weighted by molar-refractivity contribution is 5.90. The molecular weight excluding hydrogens is 252 g/mol. The summed E-state index contributed by atoms with van der Waals surface area (Å²) >= 11 is 0. The fraction of sp³-hybridized carbons (Fsp3) is 0.333. The molecule has 1 aromatic carbocycles. The first-order chi connectivity index (χ1) is 9.63. The Morgan fingerprint density at radius 1 is 1.40 bits per heavy atom. The molecule has 0 bridgehead atoms. The third-order valence-corrected chi connectivity index (χ3v) is 2.97. The fourth-order valence-corrected chi connectivity index (χ4v) is 1.86. The van der Waals surface area contributed by atoms with Gasteiger partial charge in [-0.1, -0.05) is 12.1 Å². The molecule has 0 saturated carbocycles. The van der Waals surface area contributed by atoms with Crippen LogP contribution in [0, 0.1) is 0 Å². The van der Waals surface area contributed by atoms with Crippen molar-refractivity contribution in [2.45, 2.75) is 32.4 Å². The first kappa shape index (κ1) is 14.3. The predicted octanol–water partition coefficient (Wildman–Crippen LogP) is 2.00. The summed E-state index contributed by atoms with van der Waals surface area (Å²) in [6.45, 7) is 2.63. The maximum atomic E-state index is 11.7. The third kappa shape index (κ3) is 4.51. The lowest BCUT2D eigenvalue weighted by molar-refractivity contribution is -0.116. The predicted molar refractivity (Wildman–Crippen MR) is 79.3 cm³/mol. The number of anilines is 1. The highest BCUT2D eigenvalue weighted by Gasteiger charge is 2.04. The van der Waals surface area contributed by atoms with Gasteiger partial charge in [0, 0.05) is 30.5 Å². The summed E-state index contributed by atoms with van der Waals surface area (Å²) in [4.78, 5) is 11.7. The smallest absolute Gasteiger partial charge is 0.224 e. The Bertz CT molecular complexity index is 532. The van der Waals surface area contributed by atoms with Gasteiger partial charge in [-0.3, -0.25) is 9.48 Å². The van der Waals surface area contributed by atoms with E-state index in [0.29, 0.717) is 12.8 Å². The van der Waals surface area contributed by atoms with Gasteiger partial charge in [-0.2, -0.15) is 5.10 Å². The molecule has 1 unspecified atom stereocenters. The molecule has 0 radical (unpaired) electrons. The van der Waals surface area contributed by atoms with Crippen molar-refractivity contribution in [3.8, 4) is 0 Å². The topological polar surface area (TPSA) is 72.9 Å². The number of carbonyl (C=O) groups excluding carboxylic acids is 1. The Kier molecular flexibility index (Phi) is 4.90. The molecule has 3 N–H and O–H groups in total. The van der Waals surface area contributed by atoms with Crippen molar-refractivity contribution < 1.29 is 4.79 Å². The van der Waals surface area contributed by atoms with Crippen molar-refractivity contribution in [3.63, 3.8) is 0 Å². The number of rotatable bonds is 6. The standard InChI is InChI=1S/C15H20N4O/c1-12(16)3-8-15(20)18-14-6-4-13(5-7-14)11-19-10-2-9-17-19/h2,4-7,9-10,12H,3,8,11,16H2,1H3,(H,18,20). The van der Waals surface area contributed by atoms with Crippen LogP contribution in [-0.4, -0.2) is 21.7 Å². The van der Waals surface area contributed by atoms with Gasteiger partial charge in [0.1, 0.15) is 0 Å². The molecule has 1 amide bonds. The Hall–Kier alpha value is -2.14. The highest BCUT2D eigenvalue weighted by atomic mass is 16.1. The van der Waals surface area contributed by atoms with Crippen LogP contribution in [0.3, 0.4) is 0 Å². The largest absolute Gasteiger partial charge is 0.328 e. The van der Waals surface area contributed by atoms with Crippen LogP contribution in [0.5, 0.6) is 0 Å². The fourth-order valence-electron chi connectivity index (χ4n) is 1.86. The lowest BCUT2D eigenvalue weighted by atomic mass is 10.1. The molecule has 2 aromatic rings. The van der Waals surface area contributed by atoms with Crippen LogP contribution in [0.15, 0.2) is 42.7 Å². The summed E-state index contributed by atoms with van der Waals surface area (Å²) < 4.78 is 1.86. The summed E-state index contributed by atoms with van der Waals surface area (Å²) in [5.74, 6) is 0.00197. The number of nitrogens with zero attached hydrogens (tertiary/aromatic N) is 2. The first-order valence-corrected chi connectivity index (χ1v) is 6.75. The molecule has 0 fully saturated rings. The van der Waals surface area contributed by atoms with E-state index in [2.05, 4.69) is 10.4 Å². The van der Waals surface area contributed by atoms with Crippen molar-refractivity contribution in [2.24, 2.45) is 5.73 Å². The van der Waals surface area contributed by atoms with Crippen LogP contribution in [0.2, 0.25) is 0 Å². The van der Waals surface area contributed by atoms with E-state index >= 15 is 0 Å². The molecule has 0 aliphatic carbocycles. The molecule has 1 aromatic heterocycles. The average Bonchev–Trinajstić information content (AvgIpc) is 2.92. The Balaban J connectivity index is 1.86. The highest BCUT2D eigenvalue weighted by Crippen LogP contribution is 2.11. The van der Waals surface area contributed by atoms with E-state index in [4.69, 9.17) is 5.73 Å². The van der Waals surface area contributed by atoms with Crippen molar-refractivity contribution in [3.05, 3.63) is 48.3 Å². The van der Waals surface area contributed by atoms with Crippen molar-refractivity contribution in [1.82, 2.24) is 9.78 Å². The first-order valence-electron chi connectivity index (χ1n) is 6.75. The average molecular weight is 272 g/mol. The molecule has 0 aliphatic rings. The Labute approximate surface area is 118 Å². The monoisotopic (exact) mass is 272 g/mol. The van der Waals surface area contributed by atoms with Gasteiger partial charge < -0.3 is 11.1 Å². The zero-order valence-corrected chi connectivity index (χ0v) is 11.6. The summed E-state index contributed by atoms with van der Waals surface area (Å²) in [7, 11) is 0. The van der Waals surface area contributed by atoms with E-state index in [1.165, 1.54) is 0 Å². The number of aromatic nitrogens is 2. The zero-order valence-electron chi connectivity index (χ0n) is 11.6. The lowest BCUT2D eigenvalue weighted by Crippen LogP contribution is -2.19. The van der Waals surface area contributed by atoms with Gasteiger partial charge in [0.25, 0.3) is 0 Å². The van der Waals surface area contributed by atoms with Crippen molar-refractivity contribution in [2.75, 3.05) is 5.32 Å². The molecule has 2 rings (SSSR count). The second kappa shape index (κ2) is 6.86. The lowest BCUT2D eigenvalue weighted by Gasteiger charge is -2.08. The van der Waals surface area contributed by atoms with E-state index in [0.717, 1.165) is 17.8 Å². The maximum Gasteiger partial charge on any atom is 0.224 e. The summed E-state index contributed by atoms with van der Waals surface area (Å²) in [6.07, 6.45) is 4.83. The van der Waals surface area contributed by atoms with Gasteiger partial charge in [-0.25, -0.2) is 0 Å². The second-order valence-corrected chi connectivity index (χ2v) is 4.96. The van der Waals surface area contributed by atoms with Crippen LogP contribution >= 0.6 is 0 Å². The summed E-state index contributed by atoms with van der Waals surface area (Å²) in [6, 6.07) is 9.74. The van der Waals surface area contributed by atoms with Crippen LogP contribution in [0.1, 0.15) is 25.3 Å². The number of nitrogens with two attached hydrogens (primary N) is 1. The summed E-state index contributed by atoms with van der Waals surface area (Å²) in [5.41, 5.74) is 7.58. The molecule has 0 aliphatic heterocycles. The normalized spacial score (nSPS) is 12.1. The molecule has 0 saturated heterocycles. The van der Waals surface area contributed by atoms with Gasteiger partial charge in [-0.15, -0.1) is 0 Å². The maximum absolute atomic E-state index is 11.7. The van der Waals surface area contributed by atoms with Crippen LogP contribution in [0.4, 0.5) is 5.69 Å². The third-order valence-electron chi connectivity index (χ3n) is 2.97. The number of benzene rings is 1. The SMILES string of the molecule is CC(N)CCC(=O)Nc1ccc(Cn2cccn2)cc1. The van der Waals surface area contributed by atoms with Crippen LogP contribution in [-0.2, 0) is 11.3 Å². The minimum absolute atomic E-state index is 0.00197. The van der Waals surface area contributed by atoms with E-state index in [-0.39, 0.29) is 11.9 Å². The molecule has 106 valence electrons. The van der Waals surface area contributed by atoms with Crippen molar-refractivity contribution in [1.29, 1.82) is 0 Å². The minimum atomic E-state index is 0.00197. The molecule has 1 heterocycles. The van der Waals surface area contributed by atoms with E-state index in [9.17, 15) is 4.79 Å². The molecule has 0 spiro atoms. The molecule has 20 heavy (non-hydrogen) atoms. The van der Waals surface area contributed by atoms with Crippen LogP contribution in [0.25, 0.3) is 0 Å². The van der Waals surface area contributed by atoms with Gasteiger partial charge in [0.05, 0.1) is 6.54 Å². The number of nitrogens with one attached hydrogen (secondary N) is 1. The minimum Gasteiger partial charge on any atom is -0.328 e. The second-order valence-electron chi connectivity index (χ2n) is 4.96. The zero-order chi connectivity index (χ0) is 14.4. The Morgan fingerprint density at radius 3 is 2.75 bits per heavy atom. The molecule has 1 atom stereocenters. The van der Waals surface area contributed by atoms with Crippen molar-refractivity contribution >= 4 is 11.6 Å². The van der Waals surface area contributed by atoms with Gasteiger partial charge in [0.2, 0.25) is 5.91 Å². The van der Waals surface area contributed by atoms with Crippen LogP contribution < -0.4 is 11.1 Å². The quantitative estimate of drug-likeness (QED) is 0.844. The number of hydrogen-bond donors (Lipinski definition) is 2. The van der Waals surface area contributed by atoms with Gasteiger partial charge in [0.15, 0.2) is 0 Å².